The molecular weight excluding hydrogens is 330 g/mol. The van der Waals surface area contributed by atoms with Gasteiger partial charge < -0.3 is 15.4 Å². The number of carbonyl (C=O) groups excluding carboxylic acids is 2. The number of rotatable bonds is 10. The van der Waals surface area contributed by atoms with Crippen molar-refractivity contribution in [2.24, 2.45) is 11.8 Å². The average Bonchev–Trinajstić information content (AvgIpc) is 3.55. The molecule has 2 aliphatic rings. The highest BCUT2D eigenvalue weighted by Gasteiger charge is 2.31. The zero-order chi connectivity index (χ0) is 18.5. The predicted molar refractivity (Wildman–Crippen MR) is 99.2 cm³/mol. The molecule has 0 saturated heterocycles. The quantitative estimate of drug-likeness (QED) is 0.629. The fraction of sp³-hybridized carbons (Fsp3) is 0.650. The maximum atomic E-state index is 12.6. The Hall–Kier alpha value is -2.11. The Balaban J connectivity index is 1.57. The molecular formula is C20H29N3O3. The Morgan fingerprint density at radius 1 is 1.31 bits per heavy atom. The largest absolute Gasteiger partial charge is 0.491 e. The number of hydrogen-bond acceptors (Lipinski definition) is 4. The number of carbonyl (C=O) groups is 2. The van der Waals surface area contributed by atoms with Crippen LogP contribution in [0.5, 0.6) is 5.75 Å². The minimum absolute atomic E-state index is 0.0332. The van der Waals surface area contributed by atoms with Crippen LogP contribution in [0.3, 0.4) is 0 Å². The molecule has 26 heavy (non-hydrogen) atoms. The molecule has 0 bridgehead atoms. The Morgan fingerprint density at radius 2 is 2.08 bits per heavy atom. The summed E-state index contributed by atoms with van der Waals surface area (Å²) in [7, 11) is 1.64. The fourth-order valence-electron chi connectivity index (χ4n) is 3.05. The summed E-state index contributed by atoms with van der Waals surface area (Å²) in [5.74, 6) is 1.61. The van der Waals surface area contributed by atoms with Crippen LogP contribution in [-0.4, -0.2) is 37.0 Å². The van der Waals surface area contributed by atoms with Crippen LogP contribution in [0.15, 0.2) is 12.3 Å². The van der Waals surface area contributed by atoms with Gasteiger partial charge in [-0.2, -0.15) is 0 Å². The van der Waals surface area contributed by atoms with Gasteiger partial charge in [-0.15, -0.1) is 0 Å². The van der Waals surface area contributed by atoms with Gasteiger partial charge in [0, 0.05) is 31.3 Å². The molecule has 0 spiro atoms. The van der Waals surface area contributed by atoms with Gasteiger partial charge in [-0.1, -0.05) is 6.92 Å². The van der Waals surface area contributed by atoms with E-state index in [1.54, 1.807) is 13.2 Å². The van der Waals surface area contributed by atoms with E-state index in [4.69, 9.17) is 4.74 Å². The van der Waals surface area contributed by atoms with Crippen LogP contribution < -0.4 is 15.4 Å². The zero-order valence-electron chi connectivity index (χ0n) is 15.7. The van der Waals surface area contributed by atoms with Gasteiger partial charge in [0.25, 0.3) is 5.91 Å². The van der Waals surface area contributed by atoms with Gasteiger partial charge >= 0.3 is 0 Å². The minimum Gasteiger partial charge on any atom is -0.491 e. The smallest absolute Gasteiger partial charge is 0.273 e. The Bertz CT molecular complexity index is 654. The number of nitrogens with one attached hydrogen (secondary N) is 2. The molecule has 2 N–H and O–H groups in total. The SMILES string of the molecule is CNC(=O)[C@@H](C)CCCNC(=O)c1nccc(C2CC2)c1OCC1CC1. The van der Waals surface area contributed by atoms with Gasteiger partial charge in [-0.05, 0) is 56.4 Å². The second kappa shape index (κ2) is 8.52. The Morgan fingerprint density at radius 3 is 2.73 bits per heavy atom. The van der Waals surface area contributed by atoms with E-state index in [1.807, 2.05) is 13.0 Å². The Kier molecular flexibility index (Phi) is 6.12. The number of aromatic nitrogens is 1. The molecule has 0 radical (unpaired) electrons. The second-order valence-electron chi connectivity index (χ2n) is 7.52. The maximum absolute atomic E-state index is 12.6. The summed E-state index contributed by atoms with van der Waals surface area (Å²) in [5.41, 5.74) is 1.52. The molecule has 2 aliphatic carbocycles. The molecule has 1 heterocycles. The van der Waals surface area contributed by atoms with Crippen molar-refractivity contribution in [3.05, 3.63) is 23.5 Å². The molecule has 142 valence electrons. The highest BCUT2D eigenvalue weighted by atomic mass is 16.5. The third-order valence-corrected chi connectivity index (χ3v) is 5.12. The van der Waals surface area contributed by atoms with E-state index < -0.39 is 0 Å². The molecule has 1 atom stereocenters. The highest BCUT2D eigenvalue weighted by molar-refractivity contribution is 5.95. The molecule has 3 rings (SSSR count). The maximum Gasteiger partial charge on any atom is 0.273 e. The predicted octanol–water partition coefficient (Wildman–Crippen LogP) is 2.64. The van der Waals surface area contributed by atoms with E-state index in [9.17, 15) is 9.59 Å². The standard InChI is InChI=1S/C20H29N3O3/c1-13(19(24)21-2)4-3-10-23-20(25)17-18(26-12-14-5-6-14)16(9-11-22-17)15-7-8-15/h9,11,13-15H,3-8,10,12H2,1-2H3,(H,21,24)(H,23,25)/t13-/m0/s1. The van der Waals surface area contributed by atoms with Crippen molar-refractivity contribution in [1.82, 2.24) is 15.6 Å². The van der Waals surface area contributed by atoms with E-state index >= 15 is 0 Å². The first kappa shape index (κ1) is 18.7. The van der Waals surface area contributed by atoms with Crippen LogP contribution in [0.25, 0.3) is 0 Å². The van der Waals surface area contributed by atoms with Crippen molar-refractivity contribution in [3.63, 3.8) is 0 Å². The lowest BCUT2D eigenvalue weighted by atomic mass is 10.0. The third-order valence-electron chi connectivity index (χ3n) is 5.12. The number of ether oxygens (including phenoxy) is 1. The summed E-state index contributed by atoms with van der Waals surface area (Å²) in [6.07, 6.45) is 7.93. The molecule has 2 amide bonds. The third kappa shape index (κ3) is 4.96. The lowest BCUT2D eigenvalue weighted by Crippen LogP contribution is -2.29. The second-order valence-corrected chi connectivity index (χ2v) is 7.52. The first-order valence-corrected chi connectivity index (χ1v) is 9.71. The molecule has 2 fully saturated rings. The number of amides is 2. The molecule has 2 saturated carbocycles. The topological polar surface area (TPSA) is 80.3 Å². The fourth-order valence-corrected chi connectivity index (χ4v) is 3.05. The molecule has 6 heteroatoms. The van der Waals surface area contributed by atoms with Crippen molar-refractivity contribution >= 4 is 11.8 Å². The van der Waals surface area contributed by atoms with Crippen LogP contribution in [0.1, 0.15) is 67.4 Å². The summed E-state index contributed by atoms with van der Waals surface area (Å²) in [5, 5.41) is 5.57. The van der Waals surface area contributed by atoms with Crippen molar-refractivity contribution in [2.75, 3.05) is 20.2 Å². The van der Waals surface area contributed by atoms with Crippen molar-refractivity contribution in [3.8, 4) is 5.75 Å². The number of nitrogens with zero attached hydrogens (tertiary/aromatic N) is 1. The minimum atomic E-state index is -0.189. The lowest BCUT2D eigenvalue weighted by Gasteiger charge is -2.15. The van der Waals surface area contributed by atoms with E-state index in [-0.39, 0.29) is 17.7 Å². The van der Waals surface area contributed by atoms with Gasteiger partial charge in [0.15, 0.2) is 11.4 Å². The summed E-state index contributed by atoms with van der Waals surface area (Å²) >= 11 is 0. The van der Waals surface area contributed by atoms with E-state index in [1.165, 1.54) is 12.8 Å². The van der Waals surface area contributed by atoms with E-state index in [2.05, 4.69) is 15.6 Å². The van der Waals surface area contributed by atoms with Crippen LogP contribution in [0.2, 0.25) is 0 Å². The molecule has 0 aromatic carbocycles. The van der Waals surface area contributed by atoms with Crippen molar-refractivity contribution < 1.29 is 14.3 Å². The summed E-state index contributed by atoms with van der Waals surface area (Å²) < 4.78 is 6.03. The van der Waals surface area contributed by atoms with Crippen LogP contribution in [0, 0.1) is 11.8 Å². The van der Waals surface area contributed by atoms with Gasteiger partial charge in [0.1, 0.15) is 0 Å². The first-order chi connectivity index (χ1) is 12.6. The number of pyridine rings is 1. The normalized spacial score (nSPS) is 17.5. The molecule has 0 unspecified atom stereocenters. The van der Waals surface area contributed by atoms with Gasteiger partial charge in [0.05, 0.1) is 6.61 Å². The zero-order valence-corrected chi connectivity index (χ0v) is 15.7. The van der Waals surface area contributed by atoms with Crippen molar-refractivity contribution in [1.29, 1.82) is 0 Å². The number of hydrogen-bond donors (Lipinski definition) is 2. The summed E-state index contributed by atoms with van der Waals surface area (Å²) in [6.45, 7) is 3.10. The van der Waals surface area contributed by atoms with Gasteiger partial charge in [-0.3, -0.25) is 9.59 Å². The summed E-state index contributed by atoms with van der Waals surface area (Å²) in [6, 6.07) is 1.99. The molecule has 0 aliphatic heterocycles. The first-order valence-electron chi connectivity index (χ1n) is 9.71. The van der Waals surface area contributed by atoms with Gasteiger partial charge in [-0.25, -0.2) is 4.98 Å². The van der Waals surface area contributed by atoms with Gasteiger partial charge in [0.2, 0.25) is 5.91 Å². The van der Waals surface area contributed by atoms with Crippen LogP contribution in [0.4, 0.5) is 0 Å². The Labute approximate surface area is 155 Å². The van der Waals surface area contributed by atoms with E-state index in [0.717, 1.165) is 31.2 Å². The summed E-state index contributed by atoms with van der Waals surface area (Å²) in [4.78, 5) is 28.4. The molecule has 6 nitrogen and oxygen atoms in total. The highest BCUT2D eigenvalue weighted by Crippen LogP contribution is 2.45. The lowest BCUT2D eigenvalue weighted by molar-refractivity contribution is -0.124. The van der Waals surface area contributed by atoms with Crippen LogP contribution >= 0.6 is 0 Å². The molecule has 1 aromatic rings. The molecule has 1 aromatic heterocycles. The van der Waals surface area contributed by atoms with Crippen LogP contribution in [-0.2, 0) is 4.79 Å². The average molecular weight is 359 g/mol. The van der Waals surface area contributed by atoms with Crippen molar-refractivity contribution in [2.45, 2.75) is 51.4 Å². The monoisotopic (exact) mass is 359 g/mol. The van der Waals surface area contributed by atoms with E-state index in [0.29, 0.717) is 36.4 Å².